The van der Waals surface area contributed by atoms with Crippen LogP contribution in [0.25, 0.3) is 17.0 Å². The number of aromatic nitrogens is 1. The van der Waals surface area contributed by atoms with Gasteiger partial charge in [0.25, 0.3) is 5.91 Å². The van der Waals surface area contributed by atoms with E-state index in [0.717, 1.165) is 73.9 Å². The Morgan fingerprint density at radius 1 is 1.08 bits per heavy atom. The number of thioether (sulfide) groups is 1. The third kappa shape index (κ3) is 5.91. The molecule has 0 atom stereocenters. The van der Waals surface area contributed by atoms with Crippen LogP contribution in [0.1, 0.15) is 55.7 Å². The van der Waals surface area contributed by atoms with Crippen molar-refractivity contribution in [2.45, 2.75) is 52.4 Å². The highest BCUT2D eigenvalue weighted by Crippen LogP contribution is 2.36. The molecule has 3 heterocycles. The summed E-state index contributed by atoms with van der Waals surface area (Å²) in [6, 6.07) is 19.3. The fourth-order valence-electron chi connectivity index (χ4n) is 5.36. The zero-order valence-electron chi connectivity index (χ0n) is 21.8. The van der Waals surface area contributed by atoms with Gasteiger partial charge in [-0.3, -0.25) is 9.69 Å². The van der Waals surface area contributed by atoms with Gasteiger partial charge in [0, 0.05) is 30.6 Å². The Kier molecular flexibility index (Phi) is 8.26. The maximum Gasteiger partial charge on any atom is 0.266 e. The Hall–Kier alpha value is -2.70. The third-order valence-corrected chi connectivity index (χ3v) is 8.86. The van der Waals surface area contributed by atoms with Gasteiger partial charge in [-0.25, -0.2) is 4.98 Å². The van der Waals surface area contributed by atoms with E-state index in [1.165, 1.54) is 22.9 Å². The zero-order valence-corrected chi connectivity index (χ0v) is 23.4. The quantitative estimate of drug-likeness (QED) is 0.173. The minimum atomic E-state index is 0.0305. The van der Waals surface area contributed by atoms with Crippen LogP contribution in [0.15, 0.2) is 59.5 Å². The van der Waals surface area contributed by atoms with Gasteiger partial charge in [0.2, 0.25) is 0 Å². The molecular weight excluding hydrogens is 494 g/mol. The molecule has 2 aromatic carbocycles. The Bertz CT molecular complexity index is 1310. The molecule has 0 saturated carbocycles. The van der Waals surface area contributed by atoms with E-state index >= 15 is 0 Å². The minimum absolute atomic E-state index is 0.0305. The van der Waals surface area contributed by atoms with E-state index in [4.69, 9.17) is 17.2 Å². The summed E-state index contributed by atoms with van der Waals surface area (Å²) in [5, 5.41) is 1.10. The number of hydrogen-bond donors (Lipinski definition) is 0. The van der Waals surface area contributed by atoms with E-state index in [1.807, 2.05) is 6.08 Å². The molecule has 0 bridgehead atoms. The van der Waals surface area contributed by atoms with Gasteiger partial charge in [-0.2, -0.15) is 0 Å². The number of benzene rings is 2. The molecule has 192 valence electrons. The number of thiocarbonyl (C=S) groups is 1. The van der Waals surface area contributed by atoms with Crippen molar-refractivity contribution in [3.8, 4) is 0 Å². The van der Waals surface area contributed by atoms with Crippen LogP contribution in [0.4, 0.5) is 5.82 Å². The van der Waals surface area contributed by atoms with Crippen LogP contribution in [0, 0.1) is 12.8 Å². The molecule has 0 aliphatic carbocycles. The van der Waals surface area contributed by atoms with Crippen LogP contribution in [-0.4, -0.2) is 39.7 Å². The number of anilines is 1. The van der Waals surface area contributed by atoms with Gasteiger partial charge in [0.15, 0.2) is 0 Å². The number of carbonyl (C=O) groups is 1. The number of nitrogens with zero attached hydrogens (tertiary/aromatic N) is 3. The van der Waals surface area contributed by atoms with Gasteiger partial charge in [-0.1, -0.05) is 92.3 Å². The molecule has 2 aliphatic heterocycles. The largest absolute Gasteiger partial charge is 0.356 e. The average Bonchev–Trinajstić information content (AvgIpc) is 3.17. The summed E-state index contributed by atoms with van der Waals surface area (Å²) < 4.78 is 0.667. The summed E-state index contributed by atoms with van der Waals surface area (Å²) in [5.74, 6) is 1.70. The predicted molar refractivity (Wildman–Crippen MR) is 161 cm³/mol. The van der Waals surface area contributed by atoms with E-state index in [1.54, 1.807) is 4.90 Å². The fourth-order valence-corrected chi connectivity index (χ4v) is 6.66. The first kappa shape index (κ1) is 25.9. The maximum absolute atomic E-state index is 13.3. The van der Waals surface area contributed by atoms with Crippen molar-refractivity contribution in [2.24, 2.45) is 5.92 Å². The standard InChI is InChI=1S/C31H35N3OS2/c1-3-4-8-16-34-30(35)27(37-31(34)36)21-26-20-25-13-9-10-22(2)28(25)32-29(26)33-17-14-24(15-18-33)19-23-11-6-5-7-12-23/h5-7,9-13,20-21,24H,3-4,8,14-19H2,1-2H3/b27-21-. The van der Waals surface area contributed by atoms with Gasteiger partial charge >= 0.3 is 0 Å². The number of unbranched alkanes of at least 4 members (excludes halogenated alkanes) is 2. The van der Waals surface area contributed by atoms with Gasteiger partial charge in [-0.05, 0) is 61.8 Å². The molecule has 1 aromatic heterocycles. The molecule has 3 aromatic rings. The number of amides is 1. The van der Waals surface area contributed by atoms with Crippen molar-refractivity contribution in [3.63, 3.8) is 0 Å². The summed E-state index contributed by atoms with van der Waals surface area (Å²) in [5.41, 5.74) is 4.63. The topological polar surface area (TPSA) is 36.4 Å². The van der Waals surface area contributed by atoms with Crippen LogP contribution in [0.5, 0.6) is 0 Å². The first-order valence-electron chi connectivity index (χ1n) is 13.5. The number of para-hydroxylation sites is 1. The number of hydrogen-bond acceptors (Lipinski definition) is 5. The monoisotopic (exact) mass is 529 g/mol. The lowest BCUT2D eigenvalue weighted by molar-refractivity contribution is -0.122. The van der Waals surface area contributed by atoms with E-state index in [9.17, 15) is 4.79 Å². The average molecular weight is 530 g/mol. The van der Waals surface area contributed by atoms with Crippen molar-refractivity contribution in [2.75, 3.05) is 24.5 Å². The molecule has 5 rings (SSSR count). The Morgan fingerprint density at radius 3 is 2.62 bits per heavy atom. The van der Waals surface area contributed by atoms with Crippen LogP contribution >= 0.6 is 24.0 Å². The van der Waals surface area contributed by atoms with Gasteiger partial charge in [0.1, 0.15) is 10.1 Å². The number of fused-ring (bicyclic) bond motifs is 1. The molecule has 1 amide bonds. The molecule has 4 nitrogen and oxygen atoms in total. The Balaban J connectivity index is 1.41. The van der Waals surface area contributed by atoms with Crippen molar-refractivity contribution >= 4 is 57.0 Å². The molecule has 0 spiro atoms. The number of rotatable bonds is 8. The molecule has 37 heavy (non-hydrogen) atoms. The normalized spacial score (nSPS) is 17.9. The van der Waals surface area contributed by atoms with Gasteiger partial charge in [0.05, 0.1) is 10.4 Å². The lowest BCUT2D eigenvalue weighted by Gasteiger charge is -2.34. The molecule has 0 unspecified atom stereocenters. The highest BCUT2D eigenvalue weighted by Gasteiger charge is 2.32. The first-order valence-corrected chi connectivity index (χ1v) is 14.7. The highest BCUT2D eigenvalue weighted by atomic mass is 32.2. The van der Waals surface area contributed by atoms with E-state index in [-0.39, 0.29) is 5.91 Å². The molecule has 2 saturated heterocycles. The summed E-state index contributed by atoms with van der Waals surface area (Å²) in [7, 11) is 0. The summed E-state index contributed by atoms with van der Waals surface area (Å²) >= 11 is 7.00. The van der Waals surface area contributed by atoms with Crippen molar-refractivity contribution in [1.29, 1.82) is 0 Å². The molecule has 2 aliphatic rings. The molecule has 0 radical (unpaired) electrons. The maximum atomic E-state index is 13.3. The van der Waals surface area contributed by atoms with Crippen molar-refractivity contribution < 1.29 is 4.79 Å². The molecule has 2 fully saturated rings. The Labute approximate surface area is 230 Å². The van der Waals surface area contributed by atoms with Gasteiger partial charge < -0.3 is 4.90 Å². The summed E-state index contributed by atoms with van der Waals surface area (Å²) in [4.78, 5) is 23.3. The van der Waals surface area contributed by atoms with Gasteiger partial charge in [-0.15, -0.1) is 0 Å². The highest BCUT2D eigenvalue weighted by molar-refractivity contribution is 8.26. The number of pyridine rings is 1. The molecular formula is C31H35N3OS2. The number of carbonyl (C=O) groups excluding carboxylic acids is 1. The van der Waals surface area contributed by atoms with E-state index in [2.05, 4.69) is 73.3 Å². The summed E-state index contributed by atoms with van der Waals surface area (Å²) in [6.07, 6.45) is 8.65. The second-order valence-corrected chi connectivity index (χ2v) is 11.9. The van der Waals surface area contributed by atoms with Crippen LogP contribution in [0.2, 0.25) is 0 Å². The Morgan fingerprint density at radius 2 is 1.86 bits per heavy atom. The van der Waals surface area contributed by atoms with Crippen molar-refractivity contribution in [3.05, 3.63) is 76.2 Å². The van der Waals surface area contributed by atoms with E-state index < -0.39 is 0 Å². The SMILES string of the molecule is CCCCCN1C(=O)/C(=C/c2cc3cccc(C)c3nc2N2CCC(Cc3ccccc3)CC2)SC1=S. The third-order valence-electron chi connectivity index (χ3n) is 7.48. The first-order chi connectivity index (χ1) is 18.0. The zero-order chi connectivity index (χ0) is 25.8. The summed E-state index contributed by atoms with van der Waals surface area (Å²) in [6.45, 7) is 6.94. The fraction of sp³-hybridized carbons (Fsp3) is 0.387. The number of piperidine rings is 1. The lowest BCUT2D eigenvalue weighted by Crippen LogP contribution is -2.35. The van der Waals surface area contributed by atoms with E-state index in [0.29, 0.717) is 21.7 Å². The smallest absolute Gasteiger partial charge is 0.266 e. The molecule has 6 heteroatoms. The second-order valence-electron chi connectivity index (χ2n) is 10.2. The van der Waals surface area contributed by atoms with Crippen LogP contribution in [0.3, 0.4) is 0 Å². The second kappa shape index (κ2) is 11.8. The number of aryl methyl sites for hydroxylation is 1. The van der Waals surface area contributed by atoms with Crippen LogP contribution < -0.4 is 4.90 Å². The van der Waals surface area contributed by atoms with Crippen LogP contribution in [-0.2, 0) is 11.2 Å². The predicted octanol–water partition coefficient (Wildman–Crippen LogP) is 7.39. The minimum Gasteiger partial charge on any atom is -0.356 e. The lowest BCUT2D eigenvalue weighted by atomic mass is 9.90. The molecule has 0 N–H and O–H groups in total. The van der Waals surface area contributed by atoms with Crippen molar-refractivity contribution in [1.82, 2.24) is 9.88 Å².